The van der Waals surface area contributed by atoms with Gasteiger partial charge in [-0.25, -0.2) is 8.42 Å². The summed E-state index contributed by atoms with van der Waals surface area (Å²) < 4.78 is 27.5. The van der Waals surface area contributed by atoms with Gasteiger partial charge in [0.2, 0.25) is 0 Å². The van der Waals surface area contributed by atoms with Gasteiger partial charge in [-0.05, 0) is 60.9 Å². The maximum absolute atomic E-state index is 13.2. The number of anilines is 2. The maximum Gasteiger partial charge on any atom is 0.264 e. The Kier molecular flexibility index (Phi) is 5.54. The van der Waals surface area contributed by atoms with Gasteiger partial charge in [-0.3, -0.25) is 9.10 Å². The molecule has 0 atom stereocenters. The minimum atomic E-state index is -3.85. The van der Waals surface area contributed by atoms with E-state index in [-0.39, 0.29) is 10.8 Å². The summed E-state index contributed by atoms with van der Waals surface area (Å²) in [6.45, 7) is 0.606. The van der Waals surface area contributed by atoms with Gasteiger partial charge in [0.15, 0.2) is 0 Å². The zero-order chi connectivity index (χ0) is 21.3. The molecule has 1 heterocycles. The lowest BCUT2D eigenvalue weighted by Crippen LogP contribution is -2.35. The number of hydrogen-bond acceptors (Lipinski definition) is 3. The molecule has 154 valence electrons. The number of benzene rings is 3. The first kappa shape index (κ1) is 20.4. The Bertz CT molecular complexity index is 1210. The SMILES string of the molecule is CN(c1cccc(Cl)c1)S(=O)(=O)c1cccc(C(=O)N2CCCc3ccccc32)c1. The van der Waals surface area contributed by atoms with Gasteiger partial charge in [0.05, 0.1) is 10.6 Å². The highest BCUT2D eigenvalue weighted by Gasteiger charge is 2.26. The number of nitrogens with zero attached hydrogens (tertiary/aromatic N) is 2. The number of carbonyl (C=O) groups excluding carboxylic acids is 1. The third kappa shape index (κ3) is 3.80. The van der Waals surface area contributed by atoms with E-state index >= 15 is 0 Å². The van der Waals surface area contributed by atoms with Gasteiger partial charge >= 0.3 is 0 Å². The van der Waals surface area contributed by atoms with Crippen LogP contribution in [0, 0.1) is 0 Å². The highest BCUT2D eigenvalue weighted by molar-refractivity contribution is 7.92. The number of para-hydroxylation sites is 1. The summed E-state index contributed by atoms with van der Waals surface area (Å²) in [6, 6.07) is 20.6. The second kappa shape index (κ2) is 8.13. The molecule has 30 heavy (non-hydrogen) atoms. The lowest BCUT2D eigenvalue weighted by atomic mass is 10.0. The molecule has 3 aromatic rings. The van der Waals surface area contributed by atoms with Crippen LogP contribution in [-0.4, -0.2) is 27.9 Å². The molecule has 0 unspecified atom stereocenters. The third-order valence-corrected chi connectivity index (χ3v) is 7.28. The number of amides is 1. The Balaban J connectivity index is 1.67. The van der Waals surface area contributed by atoms with Gasteiger partial charge in [0.25, 0.3) is 15.9 Å². The number of rotatable bonds is 4. The van der Waals surface area contributed by atoms with E-state index in [1.165, 1.54) is 23.5 Å². The van der Waals surface area contributed by atoms with Crippen molar-refractivity contribution >= 4 is 38.9 Å². The fourth-order valence-corrected chi connectivity index (χ4v) is 5.08. The van der Waals surface area contributed by atoms with E-state index in [0.29, 0.717) is 22.8 Å². The van der Waals surface area contributed by atoms with E-state index in [0.717, 1.165) is 24.1 Å². The monoisotopic (exact) mass is 440 g/mol. The molecular weight excluding hydrogens is 420 g/mol. The second-order valence-electron chi connectivity index (χ2n) is 7.17. The van der Waals surface area contributed by atoms with Crippen LogP contribution in [-0.2, 0) is 16.4 Å². The van der Waals surface area contributed by atoms with E-state index in [1.54, 1.807) is 41.3 Å². The molecule has 4 rings (SSSR count). The largest absolute Gasteiger partial charge is 0.308 e. The van der Waals surface area contributed by atoms with Gasteiger partial charge in [0, 0.05) is 29.9 Å². The third-order valence-electron chi connectivity index (χ3n) is 5.27. The number of aryl methyl sites for hydroxylation is 1. The summed E-state index contributed by atoms with van der Waals surface area (Å²) in [7, 11) is -2.38. The van der Waals surface area contributed by atoms with Crippen LogP contribution in [0.2, 0.25) is 5.02 Å². The average molecular weight is 441 g/mol. The smallest absolute Gasteiger partial charge is 0.264 e. The van der Waals surface area contributed by atoms with Crippen LogP contribution >= 0.6 is 11.6 Å². The zero-order valence-corrected chi connectivity index (χ0v) is 18.0. The number of hydrogen-bond donors (Lipinski definition) is 0. The van der Waals surface area contributed by atoms with Crippen molar-refractivity contribution < 1.29 is 13.2 Å². The van der Waals surface area contributed by atoms with Crippen molar-refractivity contribution in [3.8, 4) is 0 Å². The standard InChI is InChI=1S/C23H21ClN2O3S/c1-25(20-11-5-10-19(24)16-20)30(28,29)21-12-4-8-18(15-21)23(27)26-14-6-9-17-7-2-3-13-22(17)26/h2-5,7-8,10-13,15-16H,6,9,14H2,1H3. The highest BCUT2D eigenvalue weighted by atomic mass is 35.5. The van der Waals surface area contributed by atoms with E-state index in [9.17, 15) is 13.2 Å². The summed E-state index contributed by atoms with van der Waals surface area (Å²) in [5.74, 6) is -0.204. The predicted octanol–water partition coefficient (Wildman–Crippen LogP) is 4.76. The first-order valence-electron chi connectivity index (χ1n) is 9.62. The van der Waals surface area contributed by atoms with Gasteiger partial charge in [-0.2, -0.15) is 0 Å². The number of carbonyl (C=O) groups is 1. The molecule has 5 nitrogen and oxygen atoms in total. The molecule has 0 N–H and O–H groups in total. The Morgan fingerprint density at radius 1 is 1.00 bits per heavy atom. The molecule has 0 aliphatic carbocycles. The molecule has 7 heteroatoms. The van der Waals surface area contributed by atoms with Crippen LogP contribution in [0.15, 0.2) is 77.7 Å². The molecular formula is C23H21ClN2O3S. The zero-order valence-electron chi connectivity index (χ0n) is 16.5. The minimum Gasteiger partial charge on any atom is -0.308 e. The normalized spacial score (nSPS) is 13.6. The number of halogens is 1. The van der Waals surface area contributed by atoms with Crippen molar-refractivity contribution in [3.05, 3.63) is 88.9 Å². The molecule has 0 saturated heterocycles. The van der Waals surface area contributed by atoms with Crippen molar-refractivity contribution in [2.24, 2.45) is 0 Å². The molecule has 0 saturated carbocycles. The van der Waals surface area contributed by atoms with Crippen LogP contribution in [0.3, 0.4) is 0 Å². The molecule has 1 aliphatic rings. The van der Waals surface area contributed by atoms with E-state index in [1.807, 2.05) is 24.3 Å². The molecule has 0 aromatic heterocycles. The van der Waals surface area contributed by atoms with Crippen LogP contribution in [0.5, 0.6) is 0 Å². The molecule has 0 radical (unpaired) electrons. The van der Waals surface area contributed by atoms with Gasteiger partial charge < -0.3 is 4.90 Å². The van der Waals surface area contributed by atoms with Crippen LogP contribution in [0.1, 0.15) is 22.3 Å². The van der Waals surface area contributed by atoms with Crippen molar-refractivity contribution in [3.63, 3.8) is 0 Å². The molecule has 0 bridgehead atoms. The van der Waals surface area contributed by atoms with Crippen LogP contribution in [0.25, 0.3) is 0 Å². The quantitative estimate of drug-likeness (QED) is 0.587. The summed E-state index contributed by atoms with van der Waals surface area (Å²) >= 11 is 6.01. The lowest BCUT2D eigenvalue weighted by molar-refractivity contribution is 0.0985. The first-order valence-corrected chi connectivity index (χ1v) is 11.4. The fourth-order valence-electron chi connectivity index (χ4n) is 3.66. The summed E-state index contributed by atoms with van der Waals surface area (Å²) in [5.41, 5.74) is 2.80. The Morgan fingerprint density at radius 2 is 1.77 bits per heavy atom. The average Bonchev–Trinajstić information content (AvgIpc) is 2.77. The lowest BCUT2D eigenvalue weighted by Gasteiger charge is -2.29. The van der Waals surface area contributed by atoms with Crippen molar-refractivity contribution in [2.75, 3.05) is 22.8 Å². The molecule has 3 aromatic carbocycles. The Hall–Kier alpha value is -2.83. The fraction of sp³-hybridized carbons (Fsp3) is 0.174. The Labute approximate surface area is 181 Å². The van der Waals surface area contributed by atoms with Gasteiger partial charge in [-0.15, -0.1) is 0 Å². The van der Waals surface area contributed by atoms with Gasteiger partial charge in [0.1, 0.15) is 0 Å². The van der Waals surface area contributed by atoms with Crippen LogP contribution in [0.4, 0.5) is 11.4 Å². The number of sulfonamides is 1. The van der Waals surface area contributed by atoms with E-state index < -0.39 is 10.0 Å². The number of fused-ring (bicyclic) bond motifs is 1. The summed E-state index contributed by atoms with van der Waals surface area (Å²) in [4.78, 5) is 15.0. The summed E-state index contributed by atoms with van der Waals surface area (Å²) in [5, 5.41) is 0.447. The molecule has 0 fully saturated rings. The van der Waals surface area contributed by atoms with Crippen molar-refractivity contribution in [1.29, 1.82) is 0 Å². The highest BCUT2D eigenvalue weighted by Crippen LogP contribution is 2.29. The summed E-state index contributed by atoms with van der Waals surface area (Å²) in [6.07, 6.45) is 1.80. The second-order valence-corrected chi connectivity index (χ2v) is 9.57. The van der Waals surface area contributed by atoms with Gasteiger partial charge in [-0.1, -0.05) is 41.9 Å². The molecule has 1 amide bonds. The molecule has 0 spiro atoms. The van der Waals surface area contributed by atoms with Crippen molar-refractivity contribution in [1.82, 2.24) is 0 Å². The first-order chi connectivity index (χ1) is 14.4. The topological polar surface area (TPSA) is 57.7 Å². The predicted molar refractivity (Wildman–Crippen MR) is 120 cm³/mol. The molecule has 1 aliphatic heterocycles. The van der Waals surface area contributed by atoms with Crippen molar-refractivity contribution in [2.45, 2.75) is 17.7 Å². The minimum absolute atomic E-state index is 0.0566. The van der Waals surface area contributed by atoms with Crippen LogP contribution < -0.4 is 9.21 Å². The Morgan fingerprint density at radius 3 is 2.57 bits per heavy atom. The van der Waals surface area contributed by atoms with E-state index in [4.69, 9.17) is 11.6 Å². The maximum atomic E-state index is 13.2. The van der Waals surface area contributed by atoms with E-state index in [2.05, 4.69) is 0 Å².